The summed E-state index contributed by atoms with van der Waals surface area (Å²) in [6, 6.07) is 12.9. The van der Waals surface area contributed by atoms with Gasteiger partial charge in [-0.3, -0.25) is 9.59 Å². The van der Waals surface area contributed by atoms with Crippen LogP contribution in [0.3, 0.4) is 0 Å². The molecule has 0 radical (unpaired) electrons. The van der Waals surface area contributed by atoms with Gasteiger partial charge < -0.3 is 10.2 Å². The first-order valence-electron chi connectivity index (χ1n) is 9.94. The van der Waals surface area contributed by atoms with E-state index in [9.17, 15) is 14.0 Å². The lowest BCUT2D eigenvalue weighted by Gasteiger charge is -2.14. The third-order valence-corrected chi connectivity index (χ3v) is 5.26. The molecule has 1 aromatic heterocycles. The van der Waals surface area contributed by atoms with Crippen molar-refractivity contribution in [1.29, 1.82) is 0 Å². The van der Waals surface area contributed by atoms with E-state index in [2.05, 4.69) is 10.4 Å². The van der Waals surface area contributed by atoms with E-state index in [0.717, 1.165) is 42.6 Å². The number of carbonyl (C=O) groups excluding carboxylic acids is 2. The SMILES string of the molecule is CN(C)C(=O)c1ccc(NC(=O)c2nn(-c3ccc(F)cc3)c3c2CCCC3)cc1. The van der Waals surface area contributed by atoms with Gasteiger partial charge in [-0.15, -0.1) is 0 Å². The van der Waals surface area contributed by atoms with Crippen molar-refractivity contribution in [2.24, 2.45) is 0 Å². The van der Waals surface area contributed by atoms with Crippen molar-refractivity contribution in [2.45, 2.75) is 25.7 Å². The summed E-state index contributed by atoms with van der Waals surface area (Å²) in [6.45, 7) is 0. The highest BCUT2D eigenvalue weighted by molar-refractivity contribution is 6.04. The van der Waals surface area contributed by atoms with E-state index in [1.807, 2.05) is 0 Å². The number of rotatable bonds is 4. The molecule has 7 heteroatoms. The number of amides is 2. The number of anilines is 1. The Morgan fingerprint density at radius 3 is 2.33 bits per heavy atom. The van der Waals surface area contributed by atoms with E-state index in [0.29, 0.717) is 16.9 Å². The second-order valence-electron chi connectivity index (χ2n) is 7.60. The van der Waals surface area contributed by atoms with Crippen LogP contribution in [0.25, 0.3) is 5.69 Å². The smallest absolute Gasteiger partial charge is 0.276 e. The number of halogens is 1. The molecule has 0 unspecified atom stereocenters. The van der Waals surface area contributed by atoms with Crippen LogP contribution in [0.15, 0.2) is 48.5 Å². The van der Waals surface area contributed by atoms with Gasteiger partial charge in [0.15, 0.2) is 5.69 Å². The first-order chi connectivity index (χ1) is 14.4. The molecule has 0 bridgehead atoms. The predicted octanol–water partition coefficient (Wildman–Crippen LogP) is 3.84. The van der Waals surface area contributed by atoms with Crippen LogP contribution in [0.5, 0.6) is 0 Å². The van der Waals surface area contributed by atoms with Gasteiger partial charge in [-0.2, -0.15) is 5.10 Å². The Balaban J connectivity index is 1.61. The lowest BCUT2D eigenvalue weighted by molar-refractivity contribution is 0.0827. The Labute approximate surface area is 174 Å². The Morgan fingerprint density at radius 1 is 1.00 bits per heavy atom. The third kappa shape index (κ3) is 3.83. The van der Waals surface area contributed by atoms with Gasteiger partial charge in [0.1, 0.15) is 5.82 Å². The van der Waals surface area contributed by atoms with Crippen LogP contribution >= 0.6 is 0 Å². The van der Waals surface area contributed by atoms with Gasteiger partial charge in [-0.05, 0) is 74.2 Å². The first kappa shape index (κ1) is 19.8. The number of aromatic nitrogens is 2. The molecule has 1 aliphatic rings. The molecule has 0 saturated heterocycles. The van der Waals surface area contributed by atoms with Crippen LogP contribution < -0.4 is 5.32 Å². The summed E-state index contributed by atoms with van der Waals surface area (Å²) >= 11 is 0. The van der Waals surface area contributed by atoms with Crippen molar-refractivity contribution in [1.82, 2.24) is 14.7 Å². The summed E-state index contributed by atoms with van der Waals surface area (Å²) in [6.07, 6.45) is 3.65. The topological polar surface area (TPSA) is 67.2 Å². The minimum absolute atomic E-state index is 0.0972. The maximum atomic E-state index is 13.3. The molecule has 0 saturated carbocycles. The molecule has 1 aliphatic carbocycles. The quantitative estimate of drug-likeness (QED) is 0.716. The van der Waals surface area contributed by atoms with Crippen LogP contribution in [-0.4, -0.2) is 40.6 Å². The zero-order valence-corrected chi connectivity index (χ0v) is 17.0. The van der Waals surface area contributed by atoms with Gasteiger partial charge in [-0.1, -0.05) is 0 Å². The molecule has 30 heavy (non-hydrogen) atoms. The fourth-order valence-corrected chi connectivity index (χ4v) is 3.72. The van der Waals surface area contributed by atoms with Crippen molar-refractivity contribution in [2.75, 3.05) is 19.4 Å². The molecule has 2 aromatic carbocycles. The van der Waals surface area contributed by atoms with E-state index in [1.54, 1.807) is 55.2 Å². The average Bonchev–Trinajstić information content (AvgIpc) is 3.14. The highest BCUT2D eigenvalue weighted by Gasteiger charge is 2.25. The zero-order chi connectivity index (χ0) is 21.3. The second kappa shape index (κ2) is 8.10. The van der Waals surface area contributed by atoms with Crippen molar-refractivity contribution >= 4 is 17.5 Å². The van der Waals surface area contributed by atoms with Crippen LogP contribution in [0.2, 0.25) is 0 Å². The average molecular weight is 406 g/mol. The Bertz CT molecular complexity index is 1090. The summed E-state index contributed by atoms with van der Waals surface area (Å²) in [5.41, 5.74) is 4.22. The van der Waals surface area contributed by atoms with Crippen molar-refractivity contribution in [3.63, 3.8) is 0 Å². The summed E-state index contributed by atoms with van der Waals surface area (Å²) in [7, 11) is 3.39. The molecule has 154 valence electrons. The number of hydrogen-bond acceptors (Lipinski definition) is 3. The molecule has 1 heterocycles. The number of carbonyl (C=O) groups is 2. The molecule has 0 fully saturated rings. The van der Waals surface area contributed by atoms with Crippen LogP contribution in [-0.2, 0) is 12.8 Å². The van der Waals surface area contributed by atoms with Gasteiger partial charge in [-0.25, -0.2) is 9.07 Å². The Morgan fingerprint density at radius 2 is 1.67 bits per heavy atom. The lowest BCUT2D eigenvalue weighted by Crippen LogP contribution is -2.21. The van der Waals surface area contributed by atoms with Crippen molar-refractivity contribution in [3.8, 4) is 5.69 Å². The van der Waals surface area contributed by atoms with Crippen LogP contribution in [0.1, 0.15) is 44.9 Å². The molecular weight excluding hydrogens is 383 g/mol. The second-order valence-corrected chi connectivity index (χ2v) is 7.60. The minimum Gasteiger partial charge on any atom is -0.345 e. The van der Waals surface area contributed by atoms with Gasteiger partial charge in [0.25, 0.3) is 11.8 Å². The standard InChI is InChI=1S/C23H23FN4O2/c1-27(2)23(30)15-7-11-17(12-8-15)25-22(29)21-19-5-3-4-6-20(19)28(26-21)18-13-9-16(24)10-14-18/h7-14H,3-6H2,1-2H3,(H,25,29). The molecule has 2 amide bonds. The molecule has 0 aliphatic heterocycles. The number of fused-ring (bicyclic) bond motifs is 1. The number of benzene rings is 2. The highest BCUT2D eigenvalue weighted by Crippen LogP contribution is 2.27. The van der Waals surface area contributed by atoms with Gasteiger partial charge in [0.2, 0.25) is 0 Å². The molecule has 4 rings (SSSR count). The van der Waals surface area contributed by atoms with Gasteiger partial charge in [0.05, 0.1) is 5.69 Å². The monoisotopic (exact) mass is 406 g/mol. The molecule has 3 aromatic rings. The van der Waals surface area contributed by atoms with Crippen LogP contribution in [0, 0.1) is 5.82 Å². The Kier molecular flexibility index (Phi) is 5.35. The molecule has 0 spiro atoms. The third-order valence-electron chi connectivity index (χ3n) is 5.26. The van der Waals surface area contributed by atoms with E-state index < -0.39 is 0 Å². The fraction of sp³-hybridized carbons (Fsp3) is 0.261. The van der Waals surface area contributed by atoms with Crippen LogP contribution in [0.4, 0.5) is 10.1 Å². The maximum absolute atomic E-state index is 13.3. The Hall–Kier alpha value is -3.48. The number of hydrogen-bond donors (Lipinski definition) is 1. The molecule has 0 atom stereocenters. The molecule has 1 N–H and O–H groups in total. The summed E-state index contributed by atoms with van der Waals surface area (Å²) in [5.74, 6) is -0.699. The summed E-state index contributed by atoms with van der Waals surface area (Å²) in [5, 5.41) is 7.46. The first-order valence-corrected chi connectivity index (χ1v) is 9.94. The fourth-order valence-electron chi connectivity index (χ4n) is 3.72. The maximum Gasteiger partial charge on any atom is 0.276 e. The molecule has 6 nitrogen and oxygen atoms in total. The zero-order valence-electron chi connectivity index (χ0n) is 17.0. The van der Waals surface area contributed by atoms with Gasteiger partial charge in [0, 0.05) is 36.6 Å². The van der Waals surface area contributed by atoms with E-state index in [4.69, 9.17) is 0 Å². The number of nitrogens with one attached hydrogen (secondary N) is 1. The largest absolute Gasteiger partial charge is 0.345 e. The van der Waals surface area contributed by atoms with Crippen molar-refractivity contribution < 1.29 is 14.0 Å². The van der Waals surface area contributed by atoms with E-state index >= 15 is 0 Å². The normalized spacial score (nSPS) is 12.9. The minimum atomic E-state index is -0.311. The number of nitrogens with zero attached hydrogens (tertiary/aromatic N) is 3. The summed E-state index contributed by atoms with van der Waals surface area (Å²) < 4.78 is 15.1. The molecular formula is C23H23FN4O2. The van der Waals surface area contributed by atoms with Crippen molar-refractivity contribution in [3.05, 3.63) is 76.9 Å². The van der Waals surface area contributed by atoms with E-state index in [-0.39, 0.29) is 17.6 Å². The lowest BCUT2D eigenvalue weighted by atomic mass is 9.95. The van der Waals surface area contributed by atoms with E-state index in [1.165, 1.54) is 17.0 Å². The highest BCUT2D eigenvalue weighted by atomic mass is 19.1. The predicted molar refractivity (Wildman–Crippen MR) is 113 cm³/mol. The van der Waals surface area contributed by atoms with Gasteiger partial charge >= 0.3 is 0 Å². The summed E-state index contributed by atoms with van der Waals surface area (Å²) in [4.78, 5) is 26.5.